The zero-order valence-electron chi connectivity index (χ0n) is 8.58. The average molecular weight is 287 g/mol. The second-order valence-electron chi connectivity index (χ2n) is 3.59. The topological polar surface area (TPSA) is 29.3 Å². The highest BCUT2D eigenvalue weighted by molar-refractivity contribution is 9.10. The fraction of sp³-hybridized carbons (Fsp3) is 0.455. The van der Waals surface area contributed by atoms with Crippen LogP contribution in [0.15, 0.2) is 27.6 Å². The van der Waals surface area contributed by atoms with E-state index in [1.807, 2.05) is 11.8 Å². The van der Waals surface area contributed by atoms with Gasteiger partial charge >= 0.3 is 0 Å². The maximum atomic E-state index is 5.55. The van der Waals surface area contributed by atoms with Gasteiger partial charge in [-0.25, -0.2) is 0 Å². The van der Waals surface area contributed by atoms with Gasteiger partial charge in [-0.05, 0) is 31.2 Å². The summed E-state index contributed by atoms with van der Waals surface area (Å²) in [6, 6.07) is 6.51. The van der Waals surface area contributed by atoms with E-state index >= 15 is 0 Å². The molecule has 1 aliphatic heterocycles. The van der Waals surface area contributed by atoms with Gasteiger partial charge in [0.2, 0.25) is 0 Å². The first-order chi connectivity index (χ1) is 7.31. The van der Waals surface area contributed by atoms with E-state index < -0.39 is 0 Å². The molecule has 2 nitrogen and oxygen atoms in total. The predicted molar refractivity (Wildman–Crippen MR) is 70.8 cm³/mol. The first-order valence-electron chi connectivity index (χ1n) is 5.18. The fourth-order valence-electron chi connectivity index (χ4n) is 1.76. The lowest BCUT2D eigenvalue weighted by molar-refractivity contribution is 0.747. The van der Waals surface area contributed by atoms with Crippen LogP contribution in [0, 0.1) is 0 Å². The van der Waals surface area contributed by atoms with Crippen LogP contribution in [0.2, 0.25) is 0 Å². The number of rotatable bonds is 3. The van der Waals surface area contributed by atoms with Crippen LogP contribution in [0.1, 0.15) is 6.42 Å². The van der Waals surface area contributed by atoms with E-state index in [2.05, 4.69) is 39.0 Å². The monoisotopic (exact) mass is 286 g/mol. The lowest BCUT2D eigenvalue weighted by atomic mass is 10.2. The van der Waals surface area contributed by atoms with Gasteiger partial charge in [0.1, 0.15) is 0 Å². The third-order valence-electron chi connectivity index (χ3n) is 2.51. The molecule has 0 aliphatic carbocycles. The highest BCUT2D eigenvalue weighted by Crippen LogP contribution is 2.36. The number of thioether (sulfide) groups is 1. The molecule has 0 amide bonds. The smallest absolute Gasteiger partial charge is 0.0515 e. The molecule has 0 saturated heterocycles. The van der Waals surface area contributed by atoms with Crippen LogP contribution >= 0.6 is 27.7 Å². The second kappa shape index (κ2) is 5.23. The van der Waals surface area contributed by atoms with Gasteiger partial charge in [-0.15, -0.1) is 11.8 Å². The van der Waals surface area contributed by atoms with Gasteiger partial charge < -0.3 is 10.6 Å². The number of anilines is 1. The number of halogens is 1. The summed E-state index contributed by atoms with van der Waals surface area (Å²) < 4.78 is 1.15. The molecule has 15 heavy (non-hydrogen) atoms. The van der Waals surface area contributed by atoms with Crippen molar-refractivity contribution in [3.05, 3.63) is 22.7 Å². The van der Waals surface area contributed by atoms with Crippen molar-refractivity contribution in [2.24, 2.45) is 5.73 Å². The molecule has 0 aromatic heterocycles. The Labute approximate surface area is 103 Å². The standard InChI is InChI=1S/C11H15BrN2S/c12-9-2-3-11-10(8-9)14(5-1-4-13)6-7-15-11/h2-3,8H,1,4-7,13H2. The normalized spacial score (nSPS) is 15.2. The zero-order valence-corrected chi connectivity index (χ0v) is 11.0. The number of hydrogen-bond donors (Lipinski definition) is 1. The van der Waals surface area contributed by atoms with Crippen LogP contribution in [-0.2, 0) is 0 Å². The molecule has 1 aromatic rings. The minimum absolute atomic E-state index is 0.771. The summed E-state index contributed by atoms with van der Waals surface area (Å²) in [6.07, 6.45) is 1.07. The molecule has 0 radical (unpaired) electrons. The van der Waals surface area contributed by atoms with Crippen molar-refractivity contribution in [1.82, 2.24) is 0 Å². The molecule has 0 bridgehead atoms. The molecular weight excluding hydrogens is 272 g/mol. The minimum atomic E-state index is 0.771. The molecule has 0 atom stereocenters. The van der Waals surface area contributed by atoms with E-state index in [4.69, 9.17) is 5.73 Å². The Kier molecular flexibility index (Phi) is 3.94. The van der Waals surface area contributed by atoms with Crippen molar-refractivity contribution < 1.29 is 0 Å². The number of hydrogen-bond acceptors (Lipinski definition) is 3. The van der Waals surface area contributed by atoms with Crippen molar-refractivity contribution in [2.75, 3.05) is 30.3 Å². The molecule has 0 saturated carbocycles. The summed E-state index contributed by atoms with van der Waals surface area (Å²) in [5, 5.41) is 0. The minimum Gasteiger partial charge on any atom is -0.370 e. The summed E-state index contributed by atoms with van der Waals surface area (Å²) >= 11 is 5.47. The largest absolute Gasteiger partial charge is 0.370 e. The molecule has 1 heterocycles. The van der Waals surface area contributed by atoms with Crippen LogP contribution < -0.4 is 10.6 Å². The Morgan fingerprint density at radius 1 is 1.47 bits per heavy atom. The fourth-order valence-corrected chi connectivity index (χ4v) is 3.14. The molecule has 82 valence electrons. The van der Waals surface area contributed by atoms with Gasteiger partial charge in [0.05, 0.1) is 5.69 Å². The predicted octanol–water partition coefficient (Wildman–Crippen LogP) is 2.71. The van der Waals surface area contributed by atoms with Gasteiger partial charge in [0.15, 0.2) is 0 Å². The summed E-state index contributed by atoms with van der Waals surface area (Å²) in [4.78, 5) is 3.82. The Morgan fingerprint density at radius 2 is 2.33 bits per heavy atom. The van der Waals surface area contributed by atoms with Crippen molar-refractivity contribution >= 4 is 33.4 Å². The second-order valence-corrected chi connectivity index (χ2v) is 5.64. The van der Waals surface area contributed by atoms with E-state index in [-0.39, 0.29) is 0 Å². The third kappa shape index (κ3) is 2.68. The Bertz CT molecular complexity index is 343. The number of nitrogens with two attached hydrogens (primary N) is 1. The Hall–Kier alpha value is -0.190. The lowest BCUT2D eigenvalue weighted by Gasteiger charge is -2.30. The highest BCUT2D eigenvalue weighted by Gasteiger charge is 2.16. The molecule has 0 fully saturated rings. The summed E-state index contributed by atoms with van der Waals surface area (Å²) in [5.41, 5.74) is 6.91. The van der Waals surface area contributed by atoms with Gasteiger partial charge in [-0.1, -0.05) is 15.9 Å². The highest BCUT2D eigenvalue weighted by atomic mass is 79.9. The van der Waals surface area contributed by atoms with Crippen molar-refractivity contribution in [1.29, 1.82) is 0 Å². The summed E-state index contributed by atoms with van der Waals surface area (Å²) in [6.45, 7) is 2.97. The number of benzene rings is 1. The molecule has 2 N–H and O–H groups in total. The maximum absolute atomic E-state index is 5.55. The first-order valence-corrected chi connectivity index (χ1v) is 6.96. The number of nitrogens with zero attached hydrogens (tertiary/aromatic N) is 1. The van der Waals surface area contributed by atoms with Gasteiger partial charge in [0, 0.05) is 28.2 Å². The Balaban J connectivity index is 2.20. The molecule has 1 aromatic carbocycles. The van der Waals surface area contributed by atoms with Crippen LogP contribution in [0.3, 0.4) is 0 Å². The number of fused-ring (bicyclic) bond motifs is 1. The molecule has 0 spiro atoms. The molecule has 4 heteroatoms. The SMILES string of the molecule is NCCCN1CCSc2ccc(Br)cc21. The van der Waals surface area contributed by atoms with Crippen molar-refractivity contribution in [3.63, 3.8) is 0 Å². The van der Waals surface area contributed by atoms with Crippen LogP contribution in [0.4, 0.5) is 5.69 Å². The summed E-state index contributed by atoms with van der Waals surface area (Å²) in [5.74, 6) is 1.18. The van der Waals surface area contributed by atoms with E-state index in [9.17, 15) is 0 Å². The van der Waals surface area contributed by atoms with Gasteiger partial charge in [-0.2, -0.15) is 0 Å². The first kappa shape index (κ1) is 11.3. The van der Waals surface area contributed by atoms with E-state index in [0.29, 0.717) is 0 Å². The average Bonchev–Trinajstić information content (AvgIpc) is 2.26. The summed E-state index contributed by atoms with van der Waals surface area (Å²) in [7, 11) is 0. The van der Waals surface area contributed by atoms with Gasteiger partial charge in [-0.3, -0.25) is 0 Å². The van der Waals surface area contributed by atoms with Gasteiger partial charge in [0.25, 0.3) is 0 Å². The maximum Gasteiger partial charge on any atom is 0.0515 e. The molecule has 1 aliphatic rings. The van der Waals surface area contributed by atoms with Crippen LogP contribution in [0.25, 0.3) is 0 Å². The quantitative estimate of drug-likeness (QED) is 0.927. The van der Waals surface area contributed by atoms with E-state index in [1.54, 1.807) is 0 Å². The van der Waals surface area contributed by atoms with E-state index in [0.717, 1.165) is 30.5 Å². The molecule has 2 rings (SSSR count). The van der Waals surface area contributed by atoms with Crippen LogP contribution in [-0.4, -0.2) is 25.4 Å². The Morgan fingerprint density at radius 3 is 3.13 bits per heavy atom. The third-order valence-corrected chi connectivity index (χ3v) is 4.05. The van der Waals surface area contributed by atoms with Crippen LogP contribution in [0.5, 0.6) is 0 Å². The van der Waals surface area contributed by atoms with Crippen molar-refractivity contribution in [3.8, 4) is 0 Å². The lowest BCUT2D eigenvalue weighted by Crippen LogP contribution is -2.31. The molecule has 0 unspecified atom stereocenters. The van der Waals surface area contributed by atoms with Crippen molar-refractivity contribution in [2.45, 2.75) is 11.3 Å². The van der Waals surface area contributed by atoms with E-state index in [1.165, 1.54) is 16.3 Å². The molecular formula is C11H15BrN2S. The zero-order chi connectivity index (χ0) is 10.7.